The summed E-state index contributed by atoms with van der Waals surface area (Å²) in [6.07, 6.45) is 0. The Kier molecular flexibility index (Phi) is 7.22. The maximum absolute atomic E-state index is 13.9. The van der Waals surface area contributed by atoms with Crippen LogP contribution in [0.5, 0.6) is 0 Å². The minimum absolute atomic E-state index is 0.0113. The van der Waals surface area contributed by atoms with Crippen molar-refractivity contribution in [3.05, 3.63) is 88.9 Å². The van der Waals surface area contributed by atoms with E-state index < -0.39 is 65.7 Å². The Morgan fingerprint density at radius 1 is 0.854 bits per heavy atom. The van der Waals surface area contributed by atoms with Crippen molar-refractivity contribution in [3.63, 3.8) is 0 Å². The summed E-state index contributed by atoms with van der Waals surface area (Å²) in [6.45, 7) is -0.702. The standard InChI is InChI=1S/C23H11Cl7N4O7/c24-11-4-1-10(13(7-11)34(40)41)8-31(18(35)9-2-5-12(6-3-9)33(38)39)32-19(36)14-15(20(32)37)22(28)17(26)16(25)21(14,27)23(22,29)30/h1-7,14-15H,8H2/t14-,15+,21-,22-/m1/s1. The van der Waals surface area contributed by atoms with Gasteiger partial charge < -0.3 is 0 Å². The Morgan fingerprint density at radius 3 is 1.83 bits per heavy atom. The van der Waals surface area contributed by atoms with Crippen LogP contribution >= 0.6 is 81.2 Å². The van der Waals surface area contributed by atoms with E-state index in [9.17, 15) is 34.6 Å². The molecule has 18 heteroatoms. The summed E-state index contributed by atoms with van der Waals surface area (Å²) in [4.78, 5) is 58.7. The molecule has 2 aliphatic carbocycles. The highest BCUT2D eigenvalue weighted by Crippen LogP contribution is 2.77. The number of fused-ring (bicyclic) bond motifs is 5. The van der Waals surface area contributed by atoms with Crippen LogP contribution in [-0.4, -0.2) is 51.7 Å². The summed E-state index contributed by atoms with van der Waals surface area (Å²) in [5.74, 6) is -6.38. The number of hydrazine groups is 1. The first kappa shape index (κ1) is 30.1. The first-order chi connectivity index (χ1) is 19.0. The number of nitrogens with zero attached hydrogens (tertiary/aromatic N) is 4. The van der Waals surface area contributed by atoms with Crippen molar-refractivity contribution in [2.75, 3.05) is 0 Å². The Balaban J connectivity index is 1.64. The third kappa shape index (κ3) is 3.90. The summed E-state index contributed by atoms with van der Waals surface area (Å²) >= 11 is 45.1. The molecule has 1 heterocycles. The van der Waals surface area contributed by atoms with Gasteiger partial charge in [0, 0.05) is 28.8 Å². The van der Waals surface area contributed by atoms with Crippen LogP contribution in [-0.2, 0) is 16.1 Å². The molecule has 1 aliphatic heterocycles. The minimum atomic E-state index is -2.23. The quantitative estimate of drug-likeness (QED) is 0.152. The molecule has 0 unspecified atom stereocenters. The smallest absolute Gasteiger partial charge is 0.272 e. The van der Waals surface area contributed by atoms with Crippen LogP contribution < -0.4 is 0 Å². The average Bonchev–Trinajstić information content (AvgIpc) is 3.30. The summed E-state index contributed by atoms with van der Waals surface area (Å²) in [5, 5.41) is 23.2. The Morgan fingerprint density at radius 2 is 1.37 bits per heavy atom. The van der Waals surface area contributed by atoms with Crippen molar-refractivity contribution in [2.45, 2.75) is 20.6 Å². The lowest BCUT2D eigenvalue weighted by Gasteiger charge is -2.37. The minimum Gasteiger partial charge on any atom is -0.272 e. The van der Waals surface area contributed by atoms with Gasteiger partial charge in [-0.15, -0.1) is 23.2 Å². The second kappa shape index (κ2) is 9.84. The molecule has 3 aliphatic rings. The van der Waals surface area contributed by atoms with Crippen LogP contribution in [0.15, 0.2) is 52.5 Å². The molecule has 2 bridgehead atoms. The van der Waals surface area contributed by atoms with E-state index in [4.69, 9.17) is 81.2 Å². The van der Waals surface area contributed by atoms with Gasteiger partial charge >= 0.3 is 0 Å². The normalized spacial score (nSPS) is 27.8. The molecule has 1 saturated heterocycles. The molecule has 41 heavy (non-hydrogen) atoms. The zero-order chi connectivity index (χ0) is 30.4. The van der Waals surface area contributed by atoms with Crippen LogP contribution in [0.4, 0.5) is 11.4 Å². The van der Waals surface area contributed by atoms with Crippen molar-refractivity contribution in [3.8, 4) is 0 Å². The van der Waals surface area contributed by atoms with Crippen molar-refractivity contribution >= 4 is 110 Å². The second-order valence-electron chi connectivity index (χ2n) is 9.27. The number of benzene rings is 2. The van der Waals surface area contributed by atoms with Crippen LogP contribution in [0.1, 0.15) is 15.9 Å². The van der Waals surface area contributed by atoms with Crippen molar-refractivity contribution in [1.82, 2.24) is 10.0 Å². The average molecular weight is 704 g/mol. The van der Waals surface area contributed by atoms with Gasteiger partial charge in [-0.25, -0.2) is 5.01 Å². The molecule has 2 fully saturated rings. The zero-order valence-corrected chi connectivity index (χ0v) is 25.0. The fourth-order valence-corrected chi connectivity index (χ4v) is 8.42. The summed E-state index contributed by atoms with van der Waals surface area (Å²) in [5.41, 5.74) is -1.18. The number of hydrogen-bond donors (Lipinski definition) is 0. The number of alkyl halides is 4. The molecular weight excluding hydrogens is 692 g/mol. The highest BCUT2D eigenvalue weighted by atomic mass is 35.5. The van der Waals surface area contributed by atoms with Gasteiger partial charge in [-0.1, -0.05) is 58.0 Å². The Hall–Kier alpha value is -2.38. The van der Waals surface area contributed by atoms with E-state index in [0.29, 0.717) is 10.0 Å². The summed E-state index contributed by atoms with van der Waals surface area (Å²) in [7, 11) is 0. The zero-order valence-electron chi connectivity index (χ0n) is 19.7. The number of rotatable bonds is 6. The SMILES string of the molecule is O=C(c1ccc([N+](=O)[O-])cc1)N(Cc1ccc(Cl)cc1[N+](=O)[O-])N1C(=O)[C@@H]2[C@H](C1=O)[C@@]1(Cl)C(Cl)=C(Cl)[C@@]2(Cl)C1(Cl)Cl. The monoisotopic (exact) mass is 700 g/mol. The van der Waals surface area contributed by atoms with Gasteiger partial charge in [0.2, 0.25) is 0 Å². The summed E-state index contributed by atoms with van der Waals surface area (Å²) in [6, 6.07) is 7.79. The van der Waals surface area contributed by atoms with Gasteiger partial charge in [-0.2, -0.15) is 5.01 Å². The van der Waals surface area contributed by atoms with Gasteiger partial charge in [-0.3, -0.25) is 34.6 Å². The van der Waals surface area contributed by atoms with E-state index in [0.717, 1.165) is 30.3 Å². The Labute approximate surface area is 264 Å². The molecule has 2 aromatic rings. The maximum atomic E-state index is 13.9. The van der Waals surface area contributed by atoms with Crippen LogP contribution in [0, 0.1) is 32.1 Å². The number of non-ortho nitro benzene ring substituents is 1. The number of hydrogen-bond acceptors (Lipinski definition) is 7. The predicted molar refractivity (Wildman–Crippen MR) is 150 cm³/mol. The van der Waals surface area contributed by atoms with Crippen molar-refractivity contribution < 1.29 is 24.2 Å². The number of imide groups is 1. The number of halogens is 7. The van der Waals surface area contributed by atoms with Crippen molar-refractivity contribution in [1.29, 1.82) is 0 Å². The fraction of sp³-hybridized carbons (Fsp3) is 0.261. The molecule has 11 nitrogen and oxygen atoms in total. The van der Waals surface area contributed by atoms with Crippen LogP contribution in [0.2, 0.25) is 5.02 Å². The number of carbonyl (C=O) groups is 3. The molecule has 0 aromatic heterocycles. The largest absolute Gasteiger partial charge is 0.275 e. The van der Waals surface area contributed by atoms with E-state index in [-0.39, 0.29) is 31.9 Å². The molecule has 4 atom stereocenters. The van der Waals surface area contributed by atoms with Crippen molar-refractivity contribution in [2.24, 2.45) is 11.8 Å². The second-order valence-corrected chi connectivity index (χ2v) is 13.0. The maximum Gasteiger partial charge on any atom is 0.275 e. The third-order valence-corrected chi connectivity index (χ3v) is 11.7. The first-order valence-electron chi connectivity index (χ1n) is 11.2. The number of nitro benzene ring substituents is 2. The van der Waals surface area contributed by atoms with E-state index in [2.05, 4.69) is 0 Å². The molecule has 0 radical (unpaired) electrons. The number of carbonyl (C=O) groups excluding carboxylic acids is 3. The highest BCUT2D eigenvalue weighted by molar-refractivity contribution is 6.66. The van der Waals surface area contributed by atoms with Gasteiger partial charge in [0.15, 0.2) is 4.33 Å². The first-order valence-corrected chi connectivity index (χ1v) is 13.8. The number of nitro groups is 2. The predicted octanol–water partition coefficient (Wildman–Crippen LogP) is 6.16. The van der Waals surface area contributed by atoms with E-state index >= 15 is 0 Å². The van der Waals surface area contributed by atoms with Crippen LogP contribution in [0.25, 0.3) is 0 Å². The Bertz CT molecular complexity index is 1570. The van der Waals surface area contributed by atoms with Gasteiger partial charge in [-0.05, 0) is 24.3 Å². The molecule has 5 rings (SSSR count). The third-order valence-electron chi connectivity index (χ3n) is 7.25. The number of amides is 3. The summed E-state index contributed by atoms with van der Waals surface area (Å²) < 4.78 is -2.23. The van der Waals surface area contributed by atoms with E-state index in [1.807, 2.05) is 0 Å². The highest BCUT2D eigenvalue weighted by Gasteiger charge is 2.88. The topological polar surface area (TPSA) is 144 Å². The molecule has 2 aromatic carbocycles. The molecule has 0 spiro atoms. The van der Waals surface area contributed by atoms with Gasteiger partial charge in [0.1, 0.15) is 9.75 Å². The molecule has 1 saturated carbocycles. The molecule has 0 N–H and O–H groups in total. The van der Waals surface area contributed by atoms with Crippen LogP contribution in [0.3, 0.4) is 0 Å². The number of allylic oxidation sites excluding steroid dienone is 2. The fourth-order valence-electron chi connectivity index (χ4n) is 5.33. The van der Waals surface area contributed by atoms with E-state index in [1.54, 1.807) is 0 Å². The molecule has 3 amide bonds. The lowest BCUT2D eigenvalue weighted by molar-refractivity contribution is -0.385. The lowest BCUT2D eigenvalue weighted by atomic mass is 9.84. The lowest BCUT2D eigenvalue weighted by Crippen LogP contribution is -2.55. The van der Waals surface area contributed by atoms with E-state index in [1.165, 1.54) is 12.1 Å². The molecule has 214 valence electrons. The van der Waals surface area contributed by atoms with Gasteiger partial charge in [0.25, 0.3) is 29.1 Å². The molecular formula is C23H11Cl7N4O7. The van der Waals surface area contributed by atoms with Gasteiger partial charge in [0.05, 0.1) is 43.9 Å².